The smallest absolute Gasteiger partial charge is 0.241 e. The molecular weight excluding hydrogens is 294 g/mol. The van der Waals surface area contributed by atoms with Crippen LogP contribution in [0.4, 0.5) is 0 Å². The zero-order valence-corrected chi connectivity index (χ0v) is 13.2. The summed E-state index contributed by atoms with van der Waals surface area (Å²) in [6.45, 7) is -0.270. The summed E-state index contributed by atoms with van der Waals surface area (Å²) in [5.74, 6) is 0. The van der Waals surface area contributed by atoms with Gasteiger partial charge in [-0.25, -0.2) is 13.1 Å². The summed E-state index contributed by atoms with van der Waals surface area (Å²) >= 11 is 1.72. The molecule has 0 bridgehead atoms. The molecule has 0 radical (unpaired) electrons. The van der Waals surface area contributed by atoms with E-state index in [1.807, 2.05) is 6.26 Å². The summed E-state index contributed by atoms with van der Waals surface area (Å²) in [5.41, 5.74) is 0.441. The van der Waals surface area contributed by atoms with Gasteiger partial charge in [0.2, 0.25) is 10.0 Å². The van der Waals surface area contributed by atoms with Crippen molar-refractivity contribution in [3.05, 3.63) is 29.8 Å². The fraction of sp³-hybridized carbons (Fsp3) is 0.571. The third-order valence-corrected chi connectivity index (χ3v) is 6.50. The molecule has 0 aromatic heterocycles. The summed E-state index contributed by atoms with van der Waals surface area (Å²) in [4.78, 5) is 0.188. The number of hydrogen-bond donors (Lipinski definition) is 2. The van der Waals surface area contributed by atoms with Gasteiger partial charge in [0.1, 0.15) is 0 Å². The molecule has 2 rings (SSSR count). The Bertz CT molecular complexity index is 545. The number of thioether (sulfide) groups is 1. The molecule has 1 aliphatic carbocycles. The van der Waals surface area contributed by atoms with Crippen LogP contribution in [-0.4, -0.2) is 31.1 Å². The van der Waals surface area contributed by atoms with Gasteiger partial charge in [0.25, 0.3) is 0 Å². The lowest BCUT2D eigenvalue weighted by atomic mass is 9.96. The second-order valence-corrected chi connectivity index (χ2v) is 7.81. The van der Waals surface area contributed by atoms with Crippen molar-refractivity contribution in [2.75, 3.05) is 6.26 Å². The van der Waals surface area contributed by atoms with Gasteiger partial charge in [0, 0.05) is 11.3 Å². The number of aliphatic hydroxyl groups excluding tert-OH is 1. The van der Waals surface area contributed by atoms with Crippen molar-refractivity contribution in [2.24, 2.45) is 0 Å². The lowest BCUT2D eigenvalue weighted by Crippen LogP contribution is -2.43. The van der Waals surface area contributed by atoms with Crippen molar-refractivity contribution in [2.45, 2.75) is 48.5 Å². The van der Waals surface area contributed by atoms with Crippen LogP contribution >= 0.6 is 11.8 Å². The molecule has 0 heterocycles. The number of rotatable bonds is 5. The zero-order chi connectivity index (χ0) is 14.6. The maximum absolute atomic E-state index is 12.5. The van der Waals surface area contributed by atoms with Gasteiger partial charge < -0.3 is 5.11 Å². The molecule has 1 saturated carbocycles. The third kappa shape index (κ3) is 3.55. The Hall–Kier alpha value is -0.560. The van der Waals surface area contributed by atoms with Crippen LogP contribution in [0.15, 0.2) is 29.2 Å². The molecule has 0 amide bonds. The van der Waals surface area contributed by atoms with E-state index in [9.17, 15) is 13.5 Å². The maximum atomic E-state index is 12.5. The van der Waals surface area contributed by atoms with Gasteiger partial charge in [0.15, 0.2) is 0 Å². The number of benzene rings is 1. The van der Waals surface area contributed by atoms with Crippen molar-refractivity contribution in [3.63, 3.8) is 0 Å². The Morgan fingerprint density at radius 1 is 1.30 bits per heavy atom. The molecule has 2 atom stereocenters. The van der Waals surface area contributed by atoms with E-state index >= 15 is 0 Å². The van der Waals surface area contributed by atoms with Crippen LogP contribution in [0.5, 0.6) is 0 Å². The highest BCUT2D eigenvalue weighted by atomic mass is 32.2. The van der Waals surface area contributed by atoms with Gasteiger partial charge in [-0.3, -0.25) is 0 Å². The molecule has 0 spiro atoms. The molecule has 0 saturated heterocycles. The SMILES string of the molecule is CSC1CCCCC1NS(=O)(=O)c1ccccc1CO. The van der Waals surface area contributed by atoms with Crippen LogP contribution < -0.4 is 4.72 Å². The highest BCUT2D eigenvalue weighted by Crippen LogP contribution is 2.28. The minimum Gasteiger partial charge on any atom is -0.392 e. The van der Waals surface area contributed by atoms with E-state index in [0.717, 1.165) is 25.7 Å². The second-order valence-electron chi connectivity index (χ2n) is 5.05. The van der Waals surface area contributed by atoms with Crippen molar-refractivity contribution in [3.8, 4) is 0 Å². The van der Waals surface area contributed by atoms with Crippen LogP contribution in [0.2, 0.25) is 0 Å². The molecule has 4 nitrogen and oxygen atoms in total. The van der Waals surface area contributed by atoms with Gasteiger partial charge in [0.05, 0.1) is 11.5 Å². The van der Waals surface area contributed by atoms with E-state index in [0.29, 0.717) is 10.8 Å². The first kappa shape index (κ1) is 15.8. The van der Waals surface area contributed by atoms with E-state index in [4.69, 9.17) is 0 Å². The van der Waals surface area contributed by atoms with E-state index in [-0.39, 0.29) is 17.5 Å². The van der Waals surface area contributed by atoms with E-state index in [1.165, 1.54) is 0 Å². The van der Waals surface area contributed by atoms with Gasteiger partial charge in [-0.2, -0.15) is 11.8 Å². The van der Waals surface area contributed by atoms with Crippen molar-refractivity contribution in [1.82, 2.24) is 4.72 Å². The topological polar surface area (TPSA) is 66.4 Å². The Morgan fingerprint density at radius 3 is 2.70 bits per heavy atom. The standard InChI is InChI=1S/C14H21NO3S2/c1-19-13-8-4-3-7-12(13)15-20(17,18)14-9-5-2-6-11(14)10-16/h2,5-6,9,12-13,15-16H,3-4,7-8,10H2,1H3. The van der Waals surface area contributed by atoms with Gasteiger partial charge >= 0.3 is 0 Å². The Balaban J connectivity index is 2.22. The minimum absolute atomic E-state index is 0.0181. The Kier molecular flexibility index (Phi) is 5.49. The molecule has 0 aliphatic heterocycles. The molecule has 1 aromatic rings. The molecule has 1 fully saturated rings. The van der Waals surface area contributed by atoms with Crippen LogP contribution in [-0.2, 0) is 16.6 Å². The first-order chi connectivity index (χ1) is 9.58. The summed E-state index contributed by atoms with van der Waals surface area (Å²) < 4.78 is 27.8. The van der Waals surface area contributed by atoms with Gasteiger partial charge in [-0.15, -0.1) is 0 Å². The van der Waals surface area contributed by atoms with Gasteiger partial charge in [-0.1, -0.05) is 31.0 Å². The molecule has 20 heavy (non-hydrogen) atoms. The Morgan fingerprint density at radius 2 is 2.00 bits per heavy atom. The van der Waals surface area contributed by atoms with E-state index in [2.05, 4.69) is 4.72 Å². The molecule has 2 unspecified atom stereocenters. The van der Waals surface area contributed by atoms with Crippen LogP contribution in [0.3, 0.4) is 0 Å². The summed E-state index contributed by atoms with van der Waals surface area (Å²) in [6.07, 6.45) is 6.18. The lowest BCUT2D eigenvalue weighted by molar-refractivity contribution is 0.278. The number of nitrogens with one attached hydrogen (secondary N) is 1. The summed E-state index contributed by atoms with van der Waals surface area (Å²) in [5, 5.41) is 9.62. The zero-order valence-electron chi connectivity index (χ0n) is 11.6. The maximum Gasteiger partial charge on any atom is 0.241 e. The molecule has 1 aromatic carbocycles. The average Bonchev–Trinajstić information content (AvgIpc) is 2.47. The van der Waals surface area contributed by atoms with E-state index < -0.39 is 10.0 Å². The van der Waals surface area contributed by atoms with Crippen LogP contribution in [0.1, 0.15) is 31.2 Å². The quantitative estimate of drug-likeness (QED) is 0.873. The first-order valence-corrected chi connectivity index (χ1v) is 9.59. The molecular formula is C14H21NO3S2. The number of sulfonamides is 1. The monoisotopic (exact) mass is 315 g/mol. The van der Waals surface area contributed by atoms with Crippen molar-refractivity contribution >= 4 is 21.8 Å². The molecule has 112 valence electrons. The molecule has 6 heteroatoms. The summed E-state index contributed by atoms with van der Waals surface area (Å²) in [7, 11) is -3.57. The lowest BCUT2D eigenvalue weighted by Gasteiger charge is -2.30. The minimum atomic E-state index is -3.57. The fourth-order valence-corrected chi connectivity index (χ4v) is 5.24. The number of aliphatic hydroxyl groups is 1. The third-order valence-electron chi connectivity index (χ3n) is 3.74. The molecule has 1 aliphatic rings. The highest BCUT2D eigenvalue weighted by Gasteiger charge is 2.29. The fourth-order valence-electron chi connectivity index (χ4n) is 2.67. The number of hydrogen-bond acceptors (Lipinski definition) is 4. The largest absolute Gasteiger partial charge is 0.392 e. The van der Waals surface area contributed by atoms with E-state index in [1.54, 1.807) is 36.0 Å². The van der Waals surface area contributed by atoms with Crippen molar-refractivity contribution in [1.29, 1.82) is 0 Å². The predicted octanol–water partition coefficient (Wildman–Crippen LogP) is 2.13. The normalized spacial score (nSPS) is 23.7. The Labute approximate surface area is 125 Å². The van der Waals surface area contributed by atoms with Crippen LogP contribution in [0, 0.1) is 0 Å². The second kappa shape index (κ2) is 6.93. The van der Waals surface area contributed by atoms with Crippen LogP contribution in [0.25, 0.3) is 0 Å². The highest BCUT2D eigenvalue weighted by molar-refractivity contribution is 7.99. The van der Waals surface area contributed by atoms with Gasteiger partial charge in [-0.05, 0) is 30.7 Å². The predicted molar refractivity (Wildman–Crippen MR) is 82.2 cm³/mol. The molecule has 2 N–H and O–H groups in total. The van der Waals surface area contributed by atoms with Crippen molar-refractivity contribution < 1.29 is 13.5 Å². The average molecular weight is 315 g/mol. The first-order valence-electron chi connectivity index (χ1n) is 6.82. The summed E-state index contributed by atoms with van der Waals surface area (Å²) in [6, 6.07) is 6.58.